The van der Waals surface area contributed by atoms with Crippen molar-refractivity contribution >= 4 is 22.4 Å². The zero-order valence-corrected chi connectivity index (χ0v) is 11.2. The Labute approximate surface area is 104 Å². The molecule has 1 aromatic carbocycles. The van der Waals surface area contributed by atoms with Crippen molar-refractivity contribution in [1.29, 1.82) is 0 Å². The first-order valence-corrected chi connectivity index (χ1v) is 7.14. The van der Waals surface area contributed by atoms with Crippen LogP contribution in [0, 0.1) is 6.92 Å². The molecule has 1 atom stereocenters. The molecule has 0 aliphatic heterocycles. The van der Waals surface area contributed by atoms with E-state index in [9.17, 15) is 9.00 Å². The Morgan fingerprint density at radius 3 is 2.71 bits per heavy atom. The first kappa shape index (κ1) is 13.7. The van der Waals surface area contributed by atoms with E-state index in [1.807, 2.05) is 25.1 Å². The highest BCUT2D eigenvalue weighted by atomic mass is 32.2. The predicted molar refractivity (Wildman–Crippen MR) is 72.0 cm³/mol. The lowest BCUT2D eigenvalue weighted by Gasteiger charge is -2.10. The lowest BCUT2D eigenvalue weighted by Crippen LogP contribution is -2.28. The minimum atomic E-state index is -0.880. The quantitative estimate of drug-likeness (QED) is 0.828. The third kappa shape index (κ3) is 4.19. The van der Waals surface area contributed by atoms with E-state index in [0.29, 0.717) is 17.9 Å². The number of anilines is 1. The molecule has 1 rings (SSSR count). The summed E-state index contributed by atoms with van der Waals surface area (Å²) in [6, 6.07) is 5.66. The summed E-state index contributed by atoms with van der Waals surface area (Å²) < 4.78 is 10.9. The van der Waals surface area contributed by atoms with Crippen molar-refractivity contribution in [3.63, 3.8) is 0 Å². The van der Waals surface area contributed by atoms with Crippen LogP contribution in [0.25, 0.3) is 0 Å². The van der Waals surface area contributed by atoms with Gasteiger partial charge in [0.15, 0.2) is 0 Å². The molecular weight excluding hydrogens is 236 g/mol. The Kier molecular flexibility index (Phi) is 5.15. The van der Waals surface area contributed by atoms with Crippen molar-refractivity contribution in [1.82, 2.24) is 5.32 Å². The fourth-order valence-electron chi connectivity index (χ4n) is 1.47. The Hall–Kier alpha value is -1.36. The molecule has 5 heteroatoms. The molecule has 94 valence electrons. The number of benzene rings is 1. The van der Waals surface area contributed by atoms with Gasteiger partial charge in [-0.2, -0.15) is 0 Å². The van der Waals surface area contributed by atoms with E-state index < -0.39 is 10.8 Å². The fourth-order valence-corrected chi connectivity index (χ4v) is 1.86. The molecule has 4 nitrogen and oxygen atoms in total. The van der Waals surface area contributed by atoms with Crippen LogP contribution >= 0.6 is 0 Å². The number of nitrogens with one attached hydrogen (secondary N) is 2. The average Bonchev–Trinajstić information content (AvgIpc) is 2.28. The van der Waals surface area contributed by atoms with E-state index in [4.69, 9.17) is 0 Å². The van der Waals surface area contributed by atoms with Crippen LogP contribution in [0.5, 0.6) is 0 Å². The number of carbonyl (C=O) groups is 1. The van der Waals surface area contributed by atoms with Gasteiger partial charge in [0.05, 0.1) is 5.56 Å². The molecule has 0 fully saturated rings. The lowest BCUT2D eigenvalue weighted by molar-refractivity contribution is 0.0957. The van der Waals surface area contributed by atoms with Crippen molar-refractivity contribution in [2.24, 2.45) is 0 Å². The molecule has 1 aromatic rings. The summed E-state index contributed by atoms with van der Waals surface area (Å²) in [4.78, 5) is 11.9. The Morgan fingerprint density at radius 2 is 2.12 bits per heavy atom. The van der Waals surface area contributed by atoms with Gasteiger partial charge < -0.3 is 10.6 Å². The SMILES string of the molecule is CNc1ccc(C)cc1C(=O)NCCS(C)=O. The second-order valence-corrected chi connectivity index (χ2v) is 5.39. The van der Waals surface area contributed by atoms with E-state index in [2.05, 4.69) is 10.6 Å². The van der Waals surface area contributed by atoms with Gasteiger partial charge in [-0.1, -0.05) is 11.6 Å². The van der Waals surface area contributed by atoms with E-state index in [-0.39, 0.29) is 5.91 Å². The summed E-state index contributed by atoms with van der Waals surface area (Å²) in [5.74, 6) is 0.343. The summed E-state index contributed by atoms with van der Waals surface area (Å²) in [5, 5.41) is 5.74. The molecule has 0 aliphatic rings. The minimum absolute atomic E-state index is 0.136. The molecule has 0 saturated heterocycles. The monoisotopic (exact) mass is 254 g/mol. The van der Waals surface area contributed by atoms with Crippen LogP contribution in [0.1, 0.15) is 15.9 Å². The van der Waals surface area contributed by atoms with E-state index >= 15 is 0 Å². The second kappa shape index (κ2) is 6.39. The zero-order chi connectivity index (χ0) is 12.8. The molecule has 0 spiro atoms. The number of hydrogen-bond donors (Lipinski definition) is 2. The Bertz CT molecular complexity index is 433. The third-order valence-electron chi connectivity index (χ3n) is 2.36. The highest BCUT2D eigenvalue weighted by Gasteiger charge is 2.10. The molecule has 0 aliphatic carbocycles. The number of carbonyl (C=O) groups excluding carboxylic acids is 1. The van der Waals surface area contributed by atoms with Crippen molar-refractivity contribution in [2.75, 3.05) is 30.9 Å². The number of aryl methyl sites for hydroxylation is 1. The molecule has 0 heterocycles. The number of rotatable bonds is 5. The maximum atomic E-state index is 11.9. The molecule has 2 N–H and O–H groups in total. The predicted octanol–water partition coefficient (Wildman–Crippen LogP) is 1.15. The van der Waals surface area contributed by atoms with Crippen molar-refractivity contribution in [3.05, 3.63) is 29.3 Å². The smallest absolute Gasteiger partial charge is 0.253 e. The van der Waals surface area contributed by atoms with E-state index in [1.54, 1.807) is 13.3 Å². The molecule has 17 heavy (non-hydrogen) atoms. The first-order chi connectivity index (χ1) is 8.04. The van der Waals surface area contributed by atoms with Gasteiger partial charge in [0.25, 0.3) is 5.91 Å². The average molecular weight is 254 g/mol. The van der Waals surface area contributed by atoms with Crippen molar-refractivity contribution in [2.45, 2.75) is 6.92 Å². The van der Waals surface area contributed by atoms with Gasteiger partial charge in [-0.25, -0.2) is 0 Å². The van der Waals surface area contributed by atoms with Gasteiger partial charge in [0.1, 0.15) is 0 Å². The van der Waals surface area contributed by atoms with Crippen LogP contribution in [0.4, 0.5) is 5.69 Å². The summed E-state index contributed by atoms with van der Waals surface area (Å²) >= 11 is 0. The summed E-state index contributed by atoms with van der Waals surface area (Å²) in [5.41, 5.74) is 2.45. The standard InChI is InChI=1S/C12H18N2O2S/c1-9-4-5-11(13-2)10(8-9)12(15)14-6-7-17(3)16/h4-5,8,13H,6-7H2,1-3H3,(H,14,15). The van der Waals surface area contributed by atoms with E-state index in [1.165, 1.54) is 0 Å². The molecule has 1 amide bonds. The van der Waals surface area contributed by atoms with Gasteiger partial charge in [-0.15, -0.1) is 0 Å². The normalized spacial score (nSPS) is 11.9. The summed E-state index contributed by atoms with van der Waals surface area (Å²) in [6.45, 7) is 2.37. The molecule has 1 unspecified atom stereocenters. The summed E-state index contributed by atoms with van der Waals surface area (Å²) in [7, 11) is 0.900. The third-order valence-corrected chi connectivity index (χ3v) is 3.14. The van der Waals surface area contributed by atoms with Crippen LogP contribution in [0.3, 0.4) is 0 Å². The topological polar surface area (TPSA) is 58.2 Å². The number of amides is 1. The molecule has 0 aromatic heterocycles. The molecule has 0 bridgehead atoms. The van der Waals surface area contributed by atoms with Gasteiger partial charge >= 0.3 is 0 Å². The summed E-state index contributed by atoms with van der Waals surface area (Å²) in [6.07, 6.45) is 1.62. The van der Waals surface area contributed by atoms with Crippen molar-refractivity contribution < 1.29 is 9.00 Å². The minimum Gasteiger partial charge on any atom is -0.387 e. The molecule has 0 saturated carbocycles. The molecule has 0 radical (unpaired) electrons. The largest absolute Gasteiger partial charge is 0.387 e. The van der Waals surface area contributed by atoms with Crippen LogP contribution in [-0.4, -0.2) is 35.7 Å². The van der Waals surface area contributed by atoms with Crippen LogP contribution in [-0.2, 0) is 10.8 Å². The highest BCUT2D eigenvalue weighted by molar-refractivity contribution is 7.84. The van der Waals surface area contributed by atoms with Crippen molar-refractivity contribution in [3.8, 4) is 0 Å². The Balaban J connectivity index is 2.73. The highest BCUT2D eigenvalue weighted by Crippen LogP contribution is 2.16. The van der Waals surface area contributed by atoms with Crippen LogP contribution in [0.2, 0.25) is 0 Å². The maximum Gasteiger partial charge on any atom is 0.253 e. The van der Waals surface area contributed by atoms with Gasteiger partial charge in [0.2, 0.25) is 0 Å². The number of hydrogen-bond acceptors (Lipinski definition) is 3. The fraction of sp³-hybridized carbons (Fsp3) is 0.417. The van der Waals surface area contributed by atoms with Gasteiger partial charge in [-0.05, 0) is 19.1 Å². The molecular formula is C12H18N2O2S. The van der Waals surface area contributed by atoms with E-state index in [0.717, 1.165) is 11.3 Å². The van der Waals surface area contributed by atoms with Gasteiger partial charge in [0, 0.05) is 42.1 Å². The van der Waals surface area contributed by atoms with Crippen LogP contribution in [0.15, 0.2) is 18.2 Å². The zero-order valence-electron chi connectivity index (χ0n) is 10.4. The first-order valence-electron chi connectivity index (χ1n) is 5.41. The lowest BCUT2D eigenvalue weighted by atomic mass is 10.1. The second-order valence-electron chi connectivity index (χ2n) is 3.83. The maximum absolute atomic E-state index is 11.9. The van der Waals surface area contributed by atoms with Crippen LogP contribution < -0.4 is 10.6 Å². The van der Waals surface area contributed by atoms with Gasteiger partial charge in [-0.3, -0.25) is 9.00 Å². The Morgan fingerprint density at radius 1 is 1.41 bits per heavy atom.